The number of aliphatic imine (C=N–C) groups is 1. The van der Waals surface area contributed by atoms with E-state index in [4.69, 9.17) is 9.68 Å². The van der Waals surface area contributed by atoms with Crippen LogP contribution in [0.4, 0.5) is 4.39 Å². The van der Waals surface area contributed by atoms with E-state index in [0.717, 1.165) is 11.5 Å². The number of aromatic nitrogens is 1. The number of nitrogens with zero attached hydrogens (tertiary/aromatic N) is 3. The highest BCUT2D eigenvalue weighted by atomic mass is 19.1. The van der Waals surface area contributed by atoms with Gasteiger partial charge in [-0.25, -0.2) is 9.37 Å². The van der Waals surface area contributed by atoms with E-state index in [2.05, 4.69) is 20.6 Å². The Bertz CT molecular complexity index is 741. The first-order valence-corrected chi connectivity index (χ1v) is 7.09. The number of halogens is 1. The van der Waals surface area contributed by atoms with Crippen molar-refractivity contribution in [1.82, 2.24) is 15.6 Å². The van der Waals surface area contributed by atoms with Gasteiger partial charge in [0.05, 0.1) is 23.9 Å². The molecule has 0 saturated heterocycles. The maximum Gasteiger partial charge on any atom is 0.214 e. The summed E-state index contributed by atoms with van der Waals surface area (Å²) >= 11 is 0. The van der Waals surface area contributed by atoms with Gasteiger partial charge in [0.2, 0.25) is 5.89 Å². The van der Waals surface area contributed by atoms with E-state index in [9.17, 15) is 4.39 Å². The third kappa shape index (κ3) is 4.30. The van der Waals surface area contributed by atoms with Crippen LogP contribution in [0.3, 0.4) is 0 Å². The summed E-state index contributed by atoms with van der Waals surface area (Å²) in [6.07, 6.45) is 0. The highest BCUT2D eigenvalue weighted by Gasteiger charge is 2.08. The molecule has 0 unspecified atom stereocenters. The molecule has 0 bridgehead atoms. The third-order valence-corrected chi connectivity index (χ3v) is 3.32. The molecule has 6 nitrogen and oxygen atoms in total. The fourth-order valence-electron chi connectivity index (χ4n) is 1.95. The molecule has 0 saturated carbocycles. The standard InChI is InChI=1S/C16H18FN5O/c1-10-11(2)23-15(22-10)9-21-16(19-3)20-8-13-6-12(7-18)4-5-14(13)17/h4-6H,8-9H2,1-3H3,(H2,19,20,21). The first-order valence-electron chi connectivity index (χ1n) is 7.09. The van der Waals surface area contributed by atoms with Crippen LogP contribution in [0.5, 0.6) is 0 Å². The van der Waals surface area contributed by atoms with Crippen molar-refractivity contribution in [3.63, 3.8) is 0 Å². The van der Waals surface area contributed by atoms with Gasteiger partial charge >= 0.3 is 0 Å². The number of nitriles is 1. The van der Waals surface area contributed by atoms with E-state index >= 15 is 0 Å². The van der Waals surface area contributed by atoms with Crippen LogP contribution in [-0.4, -0.2) is 18.0 Å². The Hall–Kier alpha value is -2.88. The van der Waals surface area contributed by atoms with E-state index in [1.807, 2.05) is 19.9 Å². The van der Waals surface area contributed by atoms with Crippen molar-refractivity contribution >= 4 is 5.96 Å². The molecule has 2 rings (SSSR count). The van der Waals surface area contributed by atoms with Crippen molar-refractivity contribution in [1.29, 1.82) is 5.26 Å². The van der Waals surface area contributed by atoms with Crippen molar-refractivity contribution in [3.05, 3.63) is 52.5 Å². The second-order valence-corrected chi connectivity index (χ2v) is 4.95. The summed E-state index contributed by atoms with van der Waals surface area (Å²) in [5.41, 5.74) is 1.66. The summed E-state index contributed by atoms with van der Waals surface area (Å²) in [7, 11) is 1.61. The van der Waals surface area contributed by atoms with Gasteiger partial charge < -0.3 is 15.1 Å². The predicted molar refractivity (Wildman–Crippen MR) is 84.1 cm³/mol. The summed E-state index contributed by atoms with van der Waals surface area (Å²) in [6.45, 7) is 4.31. The molecule has 0 fully saturated rings. The number of benzene rings is 1. The lowest BCUT2D eigenvalue weighted by atomic mass is 10.1. The van der Waals surface area contributed by atoms with Gasteiger partial charge in [0.15, 0.2) is 5.96 Å². The van der Waals surface area contributed by atoms with Crippen LogP contribution < -0.4 is 10.6 Å². The summed E-state index contributed by atoms with van der Waals surface area (Å²) < 4.78 is 19.2. The van der Waals surface area contributed by atoms with Gasteiger partial charge in [-0.3, -0.25) is 4.99 Å². The molecular weight excluding hydrogens is 297 g/mol. The maximum atomic E-state index is 13.7. The summed E-state index contributed by atoms with van der Waals surface area (Å²) in [4.78, 5) is 8.32. The molecule has 0 aliphatic rings. The van der Waals surface area contributed by atoms with Gasteiger partial charge in [0, 0.05) is 19.2 Å². The zero-order valence-corrected chi connectivity index (χ0v) is 13.3. The number of rotatable bonds is 4. The lowest BCUT2D eigenvalue weighted by Gasteiger charge is -2.11. The van der Waals surface area contributed by atoms with E-state index in [-0.39, 0.29) is 12.4 Å². The number of hydrogen-bond donors (Lipinski definition) is 2. The highest BCUT2D eigenvalue weighted by molar-refractivity contribution is 5.79. The molecule has 2 N–H and O–H groups in total. The molecule has 120 valence electrons. The largest absolute Gasteiger partial charge is 0.444 e. The number of aryl methyl sites for hydroxylation is 2. The molecule has 0 aliphatic heterocycles. The topological polar surface area (TPSA) is 86.2 Å². The fraction of sp³-hybridized carbons (Fsp3) is 0.312. The Kier molecular flexibility index (Phi) is 5.31. The molecule has 1 aromatic carbocycles. The van der Waals surface area contributed by atoms with Crippen LogP contribution in [-0.2, 0) is 13.1 Å². The summed E-state index contributed by atoms with van der Waals surface area (Å²) in [5, 5.41) is 14.9. The monoisotopic (exact) mass is 315 g/mol. The van der Waals surface area contributed by atoms with Gasteiger partial charge in [-0.15, -0.1) is 0 Å². The first kappa shape index (κ1) is 16.5. The first-order chi connectivity index (χ1) is 11.0. The normalized spacial score (nSPS) is 11.2. The van der Waals surface area contributed by atoms with Crippen LogP contribution in [0, 0.1) is 31.0 Å². The average Bonchev–Trinajstić information content (AvgIpc) is 2.87. The molecule has 1 aromatic heterocycles. The van der Waals surface area contributed by atoms with Crippen LogP contribution in [0.2, 0.25) is 0 Å². The average molecular weight is 315 g/mol. The van der Waals surface area contributed by atoms with Crippen molar-refractivity contribution in [2.24, 2.45) is 4.99 Å². The van der Waals surface area contributed by atoms with E-state index < -0.39 is 0 Å². The molecular formula is C16H18FN5O. The minimum Gasteiger partial charge on any atom is -0.444 e. The van der Waals surface area contributed by atoms with Gasteiger partial charge in [-0.2, -0.15) is 5.26 Å². The Morgan fingerprint density at radius 2 is 2.09 bits per heavy atom. The van der Waals surface area contributed by atoms with E-state index in [0.29, 0.717) is 29.5 Å². The van der Waals surface area contributed by atoms with Crippen LogP contribution in [0.15, 0.2) is 27.6 Å². The Morgan fingerprint density at radius 3 is 2.70 bits per heavy atom. The minimum atomic E-state index is -0.370. The number of hydrogen-bond acceptors (Lipinski definition) is 4. The quantitative estimate of drug-likeness (QED) is 0.667. The van der Waals surface area contributed by atoms with Gasteiger partial charge in [0.1, 0.15) is 11.6 Å². The molecule has 2 aromatic rings. The van der Waals surface area contributed by atoms with Crippen molar-refractivity contribution in [2.75, 3.05) is 7.05 Å². The number of oxazole rings is 1. The molecule has 0 amide bonds. The molecule has 7 heteroatoms. The molecule has 0 aliphatic carbocycles. The Labute approximate surface area is 134 Å². The number of nitrogens with one attached hydrogen (secondary N) is 2. The summed E-state index contributed by atoms with van der Waals surface area (Å²) in [6, 6.07) is 6.23. The minimum absolute atomic E-state index is 0.213. The second-order valence-electron chi connectivity index (χ2n) is 4.95. The highest BCUT2D eigenvalue weighted by Crippen LogP contribution is 2.10. The lowest BCUT2D eigenvalue weighted by Crippen LogP contribution is -2.36. The van der Waals surface area contributed by atoms with Crippen molar-refractivity contribution in [3.8, 4) is 6.07 Å². The predicted octanol–water partition coefficient (Wildman–Crippen LogP) is 2.17. The Balaban J connectivity index is 1.94. The fourth-order valence-corrected chi connectivity index (χ4v) is 1.95. The molecule has 1 heterocycles. The second kappa shape index (κ2) is 7.40. The van der Waals surface area contributed by atoms with E-state index in [1.165, 1.54) is 18.2 Å². The lowest BCUT2D eigenvalue weighted by molar-refractivity contribution is 0.463. The molecule has 0 spiro atoms. The van der Waals surface area contributed by atoms with Crippen LogP contribution in [0.1, 0.15) is 28.5 Å². The SMILES string of the molecule is CN=C(NCc1nc(C)c(C)o1)NCc1cc(C#N)ccc1F. The molecule has 0 atom stereocenters. The third-order valence-electron chi connectivity index (χ3n) is 3.32. The zero-order chi connectivity index (χ0) is 16.8. The summed E-state index contributed by atoms with van der Waals surface area (Å²) in [5.74, 6) is 1.45. The van der Waals surface area contributed by atoms with Crippen molar-refractivity contribution < 1.29 is 8.81 Å². The zero-order valence-electron chi connectivity index (χ0n) is 13.3. The van der Waals surface area contributed by atoms with E-state index in [1.54, 1.807) is 7.05 Å². The van der Waals surface area contributed by atoms with Crippen LogP contribution in [0.25, 0.3) is 0 Å². The molecule has 23 heavy (non-hydrogen) atoms. The molecule has 0 radical (unpaired) electrons. The smallest absolute Gasteiger partial charge is 0.214 e. The maximum absolute atomic E-state index is 13.7. The van der Waals surface area contributed by atoms with Gasteiger partial charge in [0.25, 0.3) is 0 Å². The number of guanidine groups is 1. The Morgan fingerprint density at radius 1 is 1.35 bits per heavy atom. The van der Waals surface area contributed by atoms with Gasteiger partial charge in [-0.1, -0.05) is 0 Å². The van der Waals surface area contributed by atoms with Crippen LogP contribution >= 0.6 is 0 Å². The van der Waals surface area contributed by atoms with Crippen molar-refractivity contribution in [2.45, 2.75) is 26.9 Å². The van der Waals surface area contributed by atoms with Gasteiger partial charge in [-0.05, 0) is 32.0 Å².